The number of amides is 1. The molecule has 0 atom stereocenters. The quantitative estimate of drug-likeness (QED) is 0.869. The summed E-state index contributed by atoms with van der Waals surface area (Å²) in [6.45, 7) is 2.38. The Morgan fingerprint density at radius 2 is 2.12 bits per heavy atom. The van der Waals surface area contributed by atoms with E-state index >= 15 is 0 Å². The van der Waals surface area contributed by atoms with Gasteiger partial charge in [0, 0.05) is 5.92 Å². The van der Waals surface area contributed by atoms with Crippen molar-refractivity contribution in [2.24, 2.45) is 5.92 Å². The predicted molar refractivity (Wildman–Crippen MR) is 95.2 cm³/mol. The molecular weight excluding hydrogens is 324 g/mol. The highest BCUT2D eigenvalue weighted by atomic mass is 35.5. The number of benzene rings is 1. The van der Waals surface area contributed by atoms with E-state index in [9.17, 15) is 4.79 Å². The van der Waals surface area contributed by atoms with Crippen molar-refractivity contribution in [1.82, 2.24) is 14.7 Å². The molecule has 2 aromatic rings. The van der Waals surface area contributed by atoms with Crippen molar-refractivity contribution in [3.05, 3.63) is 41.7 Å². The molecule has 1 amide bonds. The summed E-state index contributed by atoms with van der Waals surface area (Å²) in [4.78, 5) is 14.6. The van der Waals surface area contributed by atoms with Gasteiger partial charge < -0.3 is 5.32 Å². The number of terminal acetylenes is 1. The van der Waals surface area contributed by atoms with Crippen LogP contribution in [0.2, 0.25) is 5.02 Å². The second kappa shape index (κ2) is 7.52. The first-order valence-electron chi connectivity index (χ1n) is 7.93. The van der Waals surface area contributed by atoms with Crippen LogP contribution in [0.5, 0.6) is 0 Å². The molecule has 1 aromatic carbocycles. The topological polar surface area (TPSA) is 50.2 Å². The summed E-state index contributed by atoms with van der Waals surface area (Å²) < 4.78 is 1.66. The number of rotatable bonds is 4. The van der Waals surface area contributed by atoms with Gasteiger partial charge in [-0.25, -0.2) is 4.68 Å². The van der Waals surface area contributed by atoms with Crippen LogP contribution in [0, 0.1) is 18.3 Å². The molecule has 0 bridgehead atoms. The van der Waals surface area contributed by atoms with Crippen LogP contribution in [0.4, 0.5) is 5.69 Å². The molecule has 0 spiro atoms. The van der Waals surface area contributed by atoms with E-state index in [-0.39, 0.29) is 11.8 Å². The number of hydrogen-bond acceptors (Lipinski definition) is 3. The normalized spacial score (nSPS) is 15.8. The number of piperidine rings is 1. The van der Waals surface area contributed by atoms with Gasteiger partial charge in [-0.3, -0.25) is 9.69 Å². The molecule has 1 fully saturated rings. The molecule has 1 aliphatic heterocycles. The first kappa shape index (κ1) is 16.6. The average molecular weight is 343 g/mol. The zero-order valence-corrected chi connectivity index (χ0v) is 14.0. The molecule has 0 radical (unpaired) electrons. The lowest BCUT2D eigenvalue weighted by Gasteiger charge is -2.29. The van der Waals surface area contributed by atoms with E-state index < -0.39 is 0 Å². The lowest BCUT2D eigenvalue weighted by atomic mass is 9.96. The lowest BCUT2D eigenvalue weighted by molar-refractivity contribution is -0.121. The fraction of sp³-hybridized carbons (Fsp3) is 0.333. The Balaban J connectivity index is 1.60. The summed E-state index contributed by atoms with van der Waals surface area (Å²) in [5.74, 6) is 2.70. The molecule has 3 rings (SSSR count). The minimum atomic E-state index is 0.0164. The highest BCUT2D eigenvalue weighted by Gasteiger charge is 2.24. The number of carbonyl (C=O) groups excluding carboxylic acids is 1. The molecule has 1 N–H and O–H groups in total. The summed E-state index contributed by atoms with van der Waals surface area (Å²) in [6, 6.07) is 7.44. The maximum Gasteiger partial charge on any atom is 0.227 e. The Hall–Kier alpha value is -2.29. The summed E-state index contributed by atoms with van der Waals surface area (Å²) in [5, 5.41) is 7.82. The van der Waals surface area contributed by atoms with Crippen LogP contribution < -0.4 is 5.32 Å². The monoisotopic (exact) mass is 342 g/mol. The molecule has 5 nitrogen and oxygen atoms in total. The highest BCUT2D eigenvalue weighted by molar-refractivity contribution is 6.32. The van der Waals surface area contributed by atoms with E-state index in [4.69, 9.17) is 18.0 Å². The Labute approximate surface area is 146 Å². The third-order valence-corrected chi connectivity index (χ3v) is 4.54. The van der Waals surface area contributed by atoms with Crippen LogP contribution in [0.3, 0.4) is 0 Å². The number of para-hydroxylation sites is 1. The number of hydrogen-bond donors (Lipinski definition) is 1. The number of nitrogens with one attached hydrogen (secondary N) is 1. The number of halogens is 1. The van der Waals surface area contributed by atoms with Crippen LogP contribution in [0.25, 0.3) is 5.69 Å². The Morgan fingerprint density at radius 3 is 2.83 bits per heavy atom. The van der Waals surface area contributed by atoms with Crippen molar-refractivity contribution < 1.29 is 4.79 Å². The van der Waals surface area contributed by atoms with Gasteiger partial charge in [0.05, 0.1) is 35.3 Å². The second-order valence-electron chi connectivity index (χ2n) is 5.87. The maximum absolute atomic E-state index is 12.4. The summed E-state index contributed by atoms with van der Waals surface area (Å²) in [6.07, 6.45) is 10.4. The SMILES string of the molecule is C#CCN1CCC(C(=O)Nc2cnn(-c3ccccc3Cl)c2)CC1. The van der Waals surface area contributed by atoms with Gasteiger partial charge in [-0.2, -0.15) is 5.10 Å². The Morgan fingerprint density at radius 1 is 1.38 bits per heavy atom. The number of carbonyl (C=O) groups is 1. The smallest absolute Gasteiger partial charge is 0.227 e. The predicted octanol–water partition coefficient (Wildman–Crippen LogP) is 2.81. The van der Waals surface area contributed by atoms with E-state index in [2.05, 4.69) is 21.2 Å². The first-order chi connectivity index (χ1) is 11.7. The number of likely N-dealkylation sites (tertiary alicyclic amines) is 1. The molecule has 1 aromatic heterocycles. The van der Waals surface area contributed by atoms with Gasteiger partial charge in [0.25, 0.3) is 0 Å². The van der Waals surface area contributed by atoms with Crippen LogP contribution >= 0.6 is 11.6 Å². The largest absolute Gasteiger partial charge is 0.323 e. The molecule has 0 unspecified atom stereocenters. The van der Waals surface area contributed by atoms with Gasteiger partial charge >= 0.3 is 0 Å². The van der Waals surface area contributed by atoms with Gasteiger partial charge in [-0.1, -0.05) is 29.7 Å². The van der Waals surface area contributed by atoms with Crippen LogP contribution in [0.15, 0.2) is 36.7 Å². The highest BCUT2D eigenvalue weighted by Crippen LogP contribution is 2.22. The van der Waals surface area contributed by atoms with Crippen molar-refractivity contribution in [2.75, 3.05) is 25.0 Å². The molecule has 6 heteroatoms. The molecular formula is C18H19ClN4O. The lowest BCUT2D eigenvalue weighted by Crippen LogP contribution is -2.38. The van der Waals surface area contributed by atoms with E-state index in [1.54, 1.807) is 23.1 Å². The zero-order valence-electron chi connectivity index (χ0n) is 13.3. The number of anilines is 1. The van der Waals surface area contributed by atoms with E-state index in [0.29, 0.717) is 17.3 Å². The average Bonchev–Trinajstić information content (AvgIpc) is 3.04. The molecule has 1 aliphatic rings. The Kier molecular flexibility index (Phi) is 5.19. The van der Waals surface area contributed by atoms with Crippen LogP contribution in [-0.4, -0.2) is 40.2 Å². The summed E-state index contributed by atoms with van der Waals surface area (Å²) in [5.41, 5.74) is 1.45. The van der Waals surface area contributed by atoms with E-state index in [1.165, 1.54) is 0 Å². The van der Waals surface area contributed by atoms with Crippen LogP contribution in [-0.2, 0) is 4.79 Å². The van der Waals surface area contributed by atoms with Crippen molar-refractivity contribution in [1.29, 1.82) is 0 Å². The zero-order chi connectivity index (χ0) is 16.9. The molecule has 0 aliphatic carbocycles. The van der Waals surface area contributed by atoms with Crippen LogP contribution in [0.1, 0.15) is 12.8 Å². The third-order valence-electron chi connectivity index (χ3n) is 4.22. The molecule has 0 saturated carbocycles. The van der Waals surface area contributed by atoms with Gasteiger partial charge in [0.15, 0.2) is 0 Å². The standard InChI is InChI=1S/C18H19ClN4O/c1-2-9-22-10-7-14(8-11-22)18(24)21-15-12-20-23(13-15)17-6-4-3-5-16(17)19/h1,3-6,12-14H,7-11H2,(H,21,24). The summed E-state index contributed by atoms with van der Waals surface area (Å²) >= 11 is 6.17. The molecule has 24 heavy (non-hydrogen) atoms. The minimum Gasteiger partial charge on any atom is -0.323 e. The second-order valence-corrected chi connectivity index (χ2v) is 6.28. The maximum atomic E-state index is 12.4. The molecule has 124 valence electrons. The number of nitrogens with zero attached hydrogens (tertiary/aromatic N) is 3. The van der Waals surface area contributed by atoms with Crippen molar-refractivity contribution >= 4 is 23.2 Å². The fourth-order valence-electron chi connectivity index (χ4n) is 2.88. The van der Waals surface area contributed by atoms with E-state index in [0.717, 1.165) is 31.6 Å². The molecule has 1 saturated heterocycles. The van der Waals surface area contributed by atoms with Gasteiger partial charge in [-0.15, -0.1) is 6.42 Å². The summed E-state index contributed by atoms with van der Waals surface area (Å²) in [7, 11) is 0. The van der Waals surface area contributed by atoms with Crippen molar-refractivity contribution in [2.45, 2.75) is 12.8 Å². The minimum absolute atomic E-state index is 0.0164. The molecule has 2 heterocycles. The van der Waals surface area contributed by atoms with Crippen molar-refractivity contribution in [3.8, 4) is 18.0 Å². The Bertz CT molecular complexity index is 756. The van der Waals surface area contributed by atoms with Crippen molar-refractivity contribution in [3.63, 3.8) is 0 Å². The van der Waals surface area contributed by atoms with E-state index in [1.807, 2.05) is 18.2 Å². The first-order valence-corrected chi connectivity index (χ1v) is 8.31. The van der Waals surface area contributed by atoms with Gasteiger partial charge in [-0.05, 0) is 38.1 Å². The number of aromatic nitrogens is 2. The van der Waals surface area contributed by atoms with Gasteiger partial charge in [0.1, 0.15) is 0 Å². The van der Waals surface area contributed by atoms with Gasteiger partial charge in [0.2, 0.25) is 5.91 Å². The third kappa shape index (κ3) is 3.78. The fourth-order valence-corrected chi connectivity index (χ4v) is 3.11.